The second-order valence-electron chi connectivity index (χ2n) is 6.37. The van der Waals surface area contributed by atoms with Gasteiger partial charge in [-0.3, -0.25) is 14.9 Å². The summed E-state index contributed by atoms with van der Waals surface area (Å²) in [4.78, 5) is 35.7. The molecular weight excluding hydrogens is 364 g/mol. The van der Waals surface area contributed by atoms with Crippen LogP contribution in [-0.2, 0) is 16.0 Å². The fraction of sp³-hybridized carbons (Fsp3) is 0.500. The Morgan fingerprint density at radius 2 is 2.07 bits per heavy atom. The summed E-state index contributed by atoms with van der Waals surface area (Å²) >= 11 is 0. The standard InChI is InChI=1S/C20H28N2O6/c1-3-5-6-7-13-28-15-19(23)21(11-4-2)18-14-16(10-12-22(26)27)8-9-17(18)20(24)25/h4,8-9,14H,2-3,5-7,10-13,15H2,1H3,(H,24,25). The Hall–Kier alpha value is -2.74. The molecule has 1 rings (SSSR count). The molecule has 0 unspecified atom stereocenters. The van der Waals surface area contributed by atoms with Crippen molar-refractivity contribution in [3.8, 4) is 0 Å². The number of unbranched alkanes of at least 4 members (excludes halogenated alkanes) is 3. The summed E-state index contributed by atoms with van der Waals surface area (Å²) in [5, 5.41) is 20.1. The number of carboxylic acid groups (broad SMARTS) is 1. The monoisotopic (exact) mass is 392 g/mol. The number of carbonyl (C=O) groups is 2. The molecule has 0 aliphatic carbocycles. The van der Waals surface area contributed by atoms with Crippen LogP contribution in [0.4, 0.5) is 5.69 Å². The minimum Gasteiger partial charge on any atom is -0.478 e. The normalized spacial score (nSPS) is 10.5. The molecule has 1 aromatic carbocycles. The first kappa shape index (κ1) is 23.3. The Morgan fingerprint density at radius 1 is 1.32 bits per heavy atom. The molecule has 0 saturated heterocycles. The average Bonchev–Trinajstić information content (AvgIpc) is 2.66. The quantitative estimate of drug-likeness (QED) is 0.225. The number of rotatable bonds is 14. The van der Waals surface area contributed by atoms with E-state index < -0.39 is 10.9 Å². The molecular formula is C20H28N2O6. The van der Waals surface area contributed by atoms with E-state index in [2.05, 4.69) is 13.5 Å². The first-order chi connectivity index (χ1) is 13.4. The Balaban J connectivity index is 2.94. The molecule has 0 saturated carbocycles. The highest BCUT2D eigenvalue weighted by molar-refractivity contribution is 6.02. The number of nitrogens with zero attached hydrogens (tertiary/aromatic N) is 2. The van der Waals surface area contributed by atoms with Gasteiger partial charge in [0.25, 0.3) is 5.91 Å². The van der Waals surface area contributed by atoms with E-state index in [-0.39, 0.29) is 43.3 Å². The van der Waals surface area contributed by atoms with Crippen LogP contribution in [0.2, 0.25) is 0 Å². The van der Waals surface area contributed by atoms with Crippen molar-refractivity contribution in [2.75, 3.05) is 31.2 Å². The van der Waals surface area contributed by atoms with Crippen LogP contribution in [-0.4, -0.2) is 48.2 Å². The highest BCUT2D eigenvalue weighted by atomic mass is 16.6. The van der Waals surface area contributed by atoms with Crippen LogP contribution in [0.15, 0.2) is 30.9 Å². The van der Waals surface area contributed by atoms with Gasteiger partial charge in [-0.25, -0.2) is 4.79 Å². The van der Waals surface area contributed by atoms with Gasteiger partial charge in [0.1, 0.15) is 6.61 Å². The molecule has 154 valence electrons. The lowest BCUT2D eigenvalue weighted by Crippen LogP contribution is -2.35. The van der Waals surface area contributed by atoms with Crippen LogP contribution in [0.5, 0.6) is 0 Å². The third-order valence-electron chi connectivity index (χ3n) is 4.15. The lowest BCUT2D eigenvalue weighted by atomic mass is 10.1. The highest BCUT2D eigenvalue weighted by Crippen LogP contribution is 2.24. The Labute approximate surface area is 164 Å². The van der Waals surface area contributed by atoms with Crippen molar-refractivity contribution in [2.45, 2.75) is 39.0 Å². The van der Waals surface area contributed by atoms with Crippen molar-refractivity contribution in [3.05, 3.63) is 52.1 Å². The lowest BCUT2D eigenvalue weighted by Gasteiger charge is -2.23. The number of hydrogen-bond donors (Lipinski definition) is 1. The van der Waals surface area contributed by atoms with Crippen LogP contribution in [0, 0.1) is 10.1 Å². The molecule has 0 bridgehead atoms. The first-order valence-corrected chi connectivity index (χ1v) is 9.37. The minimum absolute atomic E-state index is 0.0528. The fourth-order valence-electron chi connectivity index (χ4n) is 2.69. The van der Waals surface area contributed by atoms with Gasteiger partial charge < -0.3 is 14.7 Å². The maximum absolute atomic E-state index is 12.6. The second-order valence-corrected chi connectivity index (χ2v) is 6.37. The number of amides is 1. The summed E-state index contributed by atoms with van der Waals surface area (Å²) in [6.07, 6.45) is 5.75. The van der Waals surface area contributed by atoms with Gasteiger partial charge in [0.2, 0.25) is 6.54 Å². The van der Waals surface area contributed by atoms with Crippen molar-refractivity contribution in [3.63, 3.8) is 0 Å². The Bertz CT molecular complexity index is 689. The van der Waals surface area contributed by atoms with E-state index in [4.69, 9.17) is 4.74 Å². The number of anilines is 1. The summed E-state index contributed by atoms with van der Waals surface area (Å²) in [6.45, 7) is 5.86. The van der Waals surface area contributed by atoms with Crippen LogP contribution in [0.3, 0.4) is 0 Å². The molecule has 0 radical (unpaired) electrons. The molecule has 8 nitrogen and oxygen atoms in total. The summed E-state index contributed by atoms with van der Waals surface area (Å²) in [5.74, 6) is -1.57. The zero-order valence-corrected chi connectivity index (χ0v) is 16.3. The van der Waals surface area contributed by atoms with E-state index in [9.17, 15) is 24.8 Å². The number of ether oxygens (including phenoxy) is 1. The zero-order valence-electron chi connectivity index (χ0n) is 16.3. The van der Waals surface area contributed by atoms with Crippen molar-refractivity contribution >= 4 is 17.6 Å². The van der Waals surface area contributed by atoms with Crippen molar-refractivity contribution in [1.82, 2.24) is 0 Å². The van der Waals surface area contributed by atoms with E-state index in [0.717, 1.165) is 25.7 Å². The number of aromatic carboxylic acids is 1. The third-order valence-corrected chi connectivity index (χ3v) is 4.15. The SMILES string of the molecule is C=CCN(C(=O)COCCCCCC)c1cc(CC[N+](=O)[O-])ccc1C(=O)O. The number of hydrogen-bond acceptors (Lipinski definition) is 5. The molecule has 0 spiro atoms. The van der Waals surface area contributed by atoms with Crippen LogP contribution in [0.25, 0.3) is 0 Å². The van der Waals surface area contributed by atoms with Crippen molar-refractivity contribution in [2.24, 2.45) is 0 Å². The molecule has 28 heavy (non-hydrogen) atoms. The van der Waals surface area contributed by atoms with E-state index in [1.165, 1.54) is 29.2 Å². The van der Waals surface area contributed by atoms with Gasteiger partial charge in [-0.2, -0.15) is 0 Å². The van der Waals surface area contributed by atoms with Crippen molar-refractivity contribution in [1.29, 1.82) is 0 Å². The third kappa shape index (κ3) is 7.87. The molecule has 0 fully saturated rings. The average molecular weight is 392 g/mol. The van der Waals surface area contributed by atoms with Gasteiger partial charge in [-0.15, -0.1) is 6.58 Å². The number of carbonyl (C=O) groups excluding carboxylic acids is 1. The van der Waals surface area contributed by atoms with E-state index in [0.29, 0.717) is 12.2 Å². The fourth-order valence-corrected chi connectivity index (χ4v) is 2.69. The van der Waals surface area contributed by atoms with Crippen molar-refractivity contribution < 1.29 is 24.4 Å². The Morgan fingerprint density at radius 3 is 2.68 bits per heavy atom. The summed E-state index contributed by atoms with van der Waals surface area (Å²) in [6, 6.07) is 4.40. The number of carboxylic acids is 1. The smallest absolute Gasteiger partial charge is 0.337 e. The molecule has 0 aromatic heterocycles. The largest absolute Gasteiger partial charge is 0.478 e. The lowest BCUT2D eigenvalue weighted by molar-refractivity contribution is -0.479. The number of benzene rings is 1. The number of nitro groups is 1. The molecule has 1 amide bonds. The van der Waals surface area contributed by atoms with Gasteiger partial charge >= 0.3 is 5.97 Å². The molecule has 0 atom stereocenters. The van der Waals surface area contributed by atoms with E-state index in [1.54, 1.807) is 0 Å². The van der Waals surface area contributed by atoms with Crippen LogP contribution in [0.1, 0.15) is 48.5 Å². The van der Waals surface area contributed by atoms with E-state index >= 15 is 0 Å². The summed E-state index contributed by atoms with van der Waals surface area (Å²) in [5.41, 5.74) is 0.717. The topological polar surface area (TPSA) is 110 Å². The maximum Gasteiger partial charge on any atom is 0.337 e. The Kier molecular flexibility index (Phi) is 10.5. The molecule has 1 N–H and O–H groups in total. The maximum atomic E-state index is 12.6. The molecule has 0 heterocycles. The molecule has 0 aliphatic rings. The van der Waals surface area contributed by atoms with Crippen LogP contribution >= 0.6 is 0 Å². The van der Waals surface area contributed by atoms with Gasteiger partial charge in [0.05, 0.1) is 11.3 Å². The molecule has 8 heteroatoms. The molecule has 1 aromatic rings. The zero-order chi connectivity index (χ0) is 20.9. The van der Waals surface area contributed by atoms with Gasteiger partial charge in [0, 0.05) is 24.5 Å². The van der Waals surface area contributed by atoms with Gasteiger partial charge in [-0.05, 0) is 24.1 Å². The van der Waals surface area contributed by atoms with Gasteiger partial charge in [0.15, 0.2) is 0 Å². The summed E-state index contributed by atoms with van der Waals surface area (Å²) in [7, 11) is 0. The second kappa shape index (κ2) is 12.6. The van der Waals surface area contributed by atoms with E-state index in [1.807, 2.05) is 0 Å². The predicted octanol–water partition coefficient (Wildman–Crippen LogP) is 3.32. The van der Waals surface area contributed by atoms with Gasteiger partial charge in [-0.1, -0.05) is 38.3 Å². The van der Waals surface area contributed by atoms with Crippen LogP contribution < -0.4 is 4.90 Å². The first-order valence-electron chi connectivity index (χ1n) is 9.37. The highest BCUT2D eigenvalue weighted by Gasteiger charge is 2.21. The predicted molar refractivity (Wildman–Crippen MR) is 106 cm³/mol. The minimum atomic E-state index is -1.18. The summed E-state index contributed by atoms with van der Waals surface area (Å²) < 4.78 is 5.44. The molecule has 0 aliphatic heterocycles.